The van der Waals surface area contributed by atoms with Gasteiger partial charge in [-0.25, -0.2) is 0 Å². The Labute approximate surface area is 118 Å². The van der Waals surface area contributed by atoms with Crippen LogP contribution < -0.4 is 5.32 Å². The summed E-state index contributed by atoms with van der Waals surface area (Å²) in [6, 6.07) is 4.52. The number of hydrogen-bond donors (Lipinski definition) is 1. The number of nitrogens with zero attached hydrogens (tertiary/aromatic N) is 3. The van der Waals surface area contributed by atoms with Gasteiger partial charge in [0.25, 0.3) is 5.69 Å². The molecular formula is C11H11ClN4O2S. The summed E-state index contributed by atoms with van der Waals surface area (Å²) in [7, 11) is 0. The summed E-state index contributed by atoms with van der Waals surface area (Å²) >= 11 is 7.11. The molecule has 0 aliphatic carbocycles. The van der Waals surface area contributed by atoms with Gasteiger partial charge in [0, 0.05) is 17.6 Å². The van der Waals surface area contributed by atoms with E-state index in [1.165, 1.54) is 17.4 Å². The molecule has 1 heterocycles. The van der Waals surface area contributed by atoms with E-state index in [0.717, 1.165) is 11.6 Å². The van der Waals surface area contributed by atoms with Gasteiger partial charge >= 0.3 is 0 Å². The van der Waals surface area contributed by atoms with Crippen LogP contribution in [0.5, 0.6) is 0 Å². The summed E-state index contributed by atoms with van der Waals surface area (Å²) in [5.74, 6) is 0. The number of halogens is 1. The maximum atomic E-state index is 11.0. The van der Waals surface area contributed by atoms with Crippen molar-refractivity contribution in [1.82, 2.24) is 15.5 Å². The molecule has 0 saturated heterocycles. The number of nitro benzene ring substituents is 1. The van der Waals surface area contributed by atoms with E-state index in [2.05, 4.69) is 15.5 Å². The van der Waals surface area contributed by atoms with Gasteiger partial charge in [-0.3, -0.25) is 10.1 Å². The lowest BCUT2D eigenvalue weighted by Gasteiger charge is -1.99. The predicted molar refractivity (Wildman–Crippen MR) is 74.4 cm³/mol. The smallest absolute Gasteiger partial charge is 0.281 e. The second-order valence-corrected chi connectivity index (χ2v) is 5.20. The molecule has 1 N–H and O–H groups in total. The summed E-state index contributed by atoms with van der Waals surface area (Å²) in [4.78, 5) is 10.6. The molecule has 6 nitrogen and oxygen atoms in total. The number of nitro groups is 1. The third kappa shape index (κ3) is 3.25. The minimum Gasteiger partial charge on any atom is -0.311 e. The normalized spacial score (nSPS) is 10.6. The van der Waals surface area contributed by atoms with Crippen molar-refractivity contribution in [2.75, 3.05) is 6.54 Å². The summed E-state index contributed by atoms with van der Waals surface area (Å²) in [5, 5.41) is 23.8. The second kappa shape index (κ2) is 6.05. The fraction of sp³-hybridized carbons (Fsp3) is 0.273. The Morgan fingerprint density at radius 1 is 1.47 bits per heavy atom. The molecule has 0 atom stereocenters. The Morgan fingerprint density at radius 3 is 2.95 bits per heavy atom. The summed E-state index contributed by atoms with van der Waals surface area (Å²) in [5.41, 5.74) is 0.383. The molecule has 100 valence electrons. The van der Waals surface area contributed by atoms with Gasteiger partial charge in [0.15, 0.2) is 5.01 Å². The van der Waals surface area contributed by atoms with Crippen molar-refractivity contribution < 1.29 is 4.92 Å². The van der Waals surface area contributed by atoms with Gasteiger partial charge in [-0.15, -0.1) is 10.2 Å². The van der Waals surface area contributed by atoms with Crippen molar-refractivity contribution in [3.63, 3.8) is 0 Å². The van der Waals surface area contributed by atoms with E-state index in [4.69, 9.17) is 11.6 Å². The molecule has 0 spiro atoms. The van der Waals surface area contributed by atoms with Crippen molar-refractivity contribution >= 4 is 28.6 Å². The third-order valence-electron chi connectivity index (χ3n) is 2.38. The van der Waals surface area contributed by atoms with Crippen LogP contribution in [0.2, 0.25) is 5.02 Å². The number of rotatable bonds is 5. The summed E-state index contributed by atoms with van der Waals surface area (Å²) < 4.78 is 0. The Kier molecular flexibility index (Phi) is 4.41. The van der Waals surface area contributed by atoms with Crippen LogP contribution >= 0.6 is 22.9 Å². The van der Waals surface area contributed by atoms with E-state index in [-0.39, 0.29) is 5.69 Å². The minimum atomic E-state index is -0.466. The van der Waals surface area contributed by atoms with Gasteiger partial charge in [0.2, 0.25) is 0 Å². The predicted octanol–water partition coefficient (Wildman–Crippen LogP) is 2.88. The van der Waals surface area contributed by atoms with E-state index in [1.54, 1.807) is 12.1 Å². The highest BCUT2D eigenvalue weighted by atomic mass is 35.5. The number of aromatic nitrogens is 2. The molecule has 19 heavy (non-hydrogen) atoms. The number of hydrogen-bond acceptors (Lipinski definition) is 6. The van der Waals surface area contributed by atoms with E-state index in [9.17, 15) is 10.1 Å². The first kappa shape index (κ1) is 13.9. The zero-order valence-electron chi connectivity index (χ0n) is 10.1. The van der Waals surface area contributed by atoms with Gasteiger partial charge in [-0.2, -0.15) is 0 Å². The topological polar surface area (TPSA) is 81.0 Å². The first-order valence-electron chi connectivity index (χ1n) is 5.59. The molecule has 0 aliphatic heterocycles. The first-order valence-corrected chi connectivity index (χ1v) is 6.78. The van der Waals surface area contributed by atoms with Crippen LogP contribution in [0.25, 0.3) is 10.6 Å². The maximum absolute atomic E-state index is 11.0. The highest BCUT2D eigenvalue weighted by molar-refractivity contribution is 7.14. The Hall–Kier alpha value is -1.57. The van der Waals surface area contributed by atoms with Crippen molar-refractivity contribution in [1.29, 1.82) is 0 Å². The van der Waals surface area contributed by atoms with E-state index in [1.807, 2.05) is 6.92 Å². The molecule has 0 aliphatic rings. The molecule has 8 heteroatoms. The lowest BCUT2D eigenvalue weighted by atomic mass is 10.2. The Morgan fingerprint density at radius 2 is 2.26 bits per heavy atom. The molecule has 0 radical (unpaired) electrons. The molecule has 1 aromatic heterocycles. The van der Waals surface area contributed by atoms with Gasteiger partial charge in [0.05, 0.1) is 10.5 Å². The molecular weight excluding hydrogens is 288 g/mol. The highest BCUT2D eigenvalue weighted by Crippen LogP contribution is 2.33. The molecule has 1 aromatic carbocycles. The molecule has 0 unspecified atom stereocenters. The van der Waals surface area contributed by atoms with Crippen LogP contribution in [0, 0.1) is 10.1 Å². The van der Waals surface area contributed by atoms with Crippen LogP contribution in [-0.2, 0) is 6.54 Å². The van der Waals surface area contributed by atoms with Gasteiger partial charge < -0.3 is 5.32 Å². The van der Waals surface area contributed by atoms with E-state index >= 15 is 0 Å². The molecule has 0 saturated carbocycles. The molecule has 0 bridgehead atoms. The minimum absolute atomic E-state index is 0.0568. The molecule has 0 fully saturated rings. The van der Waals surface area contributed by atoms with E-state index in [0.29, 0.717) is 22.1 Å². The Bertz CT molecular complexity index is 602. The summed E-state index contributed by atoms with van der Waals surface area (Å²) in [6.45, 7) is 3.43. The fourth-order valence-corrected chi connectivity index (χ4v) is 2.51. The van der Waals surface area contributed by atoms with Crippen molar-refractivity contribution in [3.05, 3.63) is 38.3 Å². The molecule has 2 rings (SSSR count). The highest BCUT2D eigenvalue weighted by Gasteiger charge is 2.19. The van der Waals surface area contributed by atoms with Crippen LogP contribution in [0.3, 0.4) is 0 Å². The zero-order valence-corrected chi connectivity index (χ0v) is 11.7. The van der Waals surface area contributed by atoms with Crippen molar-refractivity contribution in [3.8, 4) is 10.6 Å². The molecule has 0 amide bonds. The first-order chi connectivity index (χ1) is 9.11. The average molecular weight is 299 g/mol. The van der Waals surface area contributed by atoms with Crippen LogP contribution in [0.4, 0.5) is 5.69 Å². The lowest BCUT2D eigenvalue weighted by molar-refractivity contribution is -0.384. The SMILES string of the molecule is CCNCc1nnc(-c2ccc(Cl)cc2[N+](=O)[O-])s1. The lowest BCUT2D eigenvalue weighted by Crippen LogP contribution is -2.11. The Balaban J connectivity index is 2.36. The standard InChI is InChI=1S/C11H11ClN4O2S/c1-2-13-6-10-14-15-11(19-10)8-4-3-7(12)5-9(8)16(17)18/h3-5,13H,2,6H2,1H3. The van der Waals surface area contributed by atoms with Gasteiger partial charge in [-0.1, -0.05) is 29.9 Å². The average Bonchev–Trinajstić information content (AvgIpc) is 2.84. The monoisotopic (exact) mass is 298 g/mol. The van der Waals surface area contributed by atoms with Gasteiger partial charge in [-0.05, 0) is 18.7 Å². The number of nitrogens with one attached hydrogen (secondary N) is 1. The number of benzene rings is 1. The van der Waals surface area contributed by atoms with Gasteiger partial charge in [0.1, 0.15) is 5.01 Å². The fourth-order valence-electron chi connectivity index (χ4n) is 1.50. The zero-order chi connectivity index (χ0) is 13.8. The molecule has 2 aromatic rings. The third-order valence-corrected chi connectivity index (χ3v) is 3.57. The van der Waals surface area contributed by atoms with Crippen LogP contribution in [-0.4, -0.2) is 21.7 Å². The second-order valence-electron chi connectivity index (χ2n) is 3.70. The summed E-state index contributed by atoms with van der Waals surface area (Å²) in [6.07, 6.45) is 0. The maximum Gasteiger partial charge on any atom is 0.281 e. The van der Waals surface area contributed by atoms with Crippen molar-refractivity contribution in [2.24, 2.45) is 0 Å². The quantitative estimate of drug-likeness (QED) is 0.678. The van der Waals surface area contributed by atoms with E-state index < -0.39 is 4.92 Å². The largest absolute Gasteiger partial charge is 0.311 e. The van der Waals surface area contributed by atoms with Crippen molar-refractivity contribution in [2.45, 2.75) is 13.5 Å². The van der Waals surface area contributed by atoms with Crippen LogP contribution in [0.1, 0.15) is 11.9 Å². The van der Waals surface area contributed by atoms with Crippen LogP contribution in [0.15, 0.2) is 18.2 Å².